The number of hydrogen-bond donors (Lipinski definition) is 0. The SMILES string of the molecule is CCCCCC1CC=C(C)C1=O. The highest BCUT2D eigenvalue weighted by molar-refractivity contribution is 5.98. The van der Waals surface area contributed by atoms with Gasteiger partial charge in [0.1, 0.15) is 0 Å². The van der Waals surface area contributed by atoms with Crippen LogP contribution in [0.2, 0.25) is 0 Å². The maximum atomic E-state index is 11.4. The predicted octanol–water partition coefficient (Wildman–Crippen LogP) is 3.10. The van der Waals surface area contributed by atoms with E-state index in [1.807, 2.05) is 6.92 Å². The minimum Gasteiger partial charge on any atom is -0.294 e. The van der Waals surface area contributed by atoms with Gasteiger partial charge >= 0.3 is 0 Å². The Bertz CT molecular complexity index is 191. The summed E-state index contributed by atoms with van der Waals surface area (Å²) < 4.78 is 0. The average Bonchev–Trinajstić information content (AvgIpc) is 2.36. The van der Waals surface area contributed by atoms with Gasteiger partial charge in [-0.2, -0.15) is 0 Å². The molecule has 1 heteroatoms. The fraction of sp³-hybridized carbons (Fsp3) is 0.727. The minimum absolute atomic E-state index is 0.330. The number of rotatable bonds is 4. The zero-order valence-corrected chi connectivity index (χ0v) is 8.10. The third-order valence-electron chi connectivity index (χ3n) is 2.62. The Labute approximate surface area is 74.9 Å². The number of unbranched alkanes of at least 4 members (excludes halogenated alkanes) is 2. The van der Waals surface area contributed by atoms with Crippen LogP contribution in [-0.2, 0) is 4.79 Å². The van der Waals surface area contributed by atoms with Crippen molar-refractivity contribution >= 4 is 5.78 Å². The minimum atomic E-state index is 0.330. The lowest BCUT2D eigenvalue weighted by Gasteiger charge is -2.06. The van der Waals surface area contributed by atoms with E-state index in [0.717, 1.165) is 18.4 Å². The van der Waals surface area contributed by atoms with Crippen LogP contribution in [0.3, 0.4) is 0 Å². The number of hydrogen-bond acceptors (Lipinski definition) is 1. The molecule has 1 atom stereocenters. The quantitative estimate of drug-likeness (QED) is 0.586. The fourth-order valence-corrected chi connectivity index (χ4v) is 1.74. The summed E-state index contributed by atoms with van der Waals surface area (Å²) in [6.45, 7) is 4.13. The van der Waals surface area contributed by atoms with Gasteiger partial charge in [-0.1, -0.05) is 32.3 Å². The second-order valence-corrected chi connectivity index (χ2v) is 3.68. The molecule has 0 aromatic rings. The van der Waals surface area contributed by atoms with Crippen LogP contribution >= 0.6 is 0 Å². The topological polar surface area (TPSA) is 17.1 Å². The van der Waals surface area contributed by atoms with E-state index in [-0.39, 0.29) is 0 Å². The van der Waals surface area contributed by atoms with E-state index in [2.05, 4.69) is 13.0 Å². The van der Waals surface area contributed by atoms with Crippen molar-refractivity contribution in [3.8, 4) is 0 Å². The molecule has 0 saturated carbocycles. The van der Waals surface area contributed by atoms with Crippen LogP contribution in [0.4, 0.5) is 0 Å². The second-order valence-electron chi connectivity index (χ2n) is 3.68. The Morgan fingerprint density at radius 1 is 1.50 bits per heavy atom. The first-order valence-electron chi connectivity index (χ1n) is 4.96. The van der Waals surface area contributed by atoms with Crippen LogP contribution in [0.5, 0.6) is 0 Å². The zero-order chi connectivity index (χ0) is 8.97. The molecule has 0 spiro atoms. The lowest BCUT2D eigenvalue weighted by molar-refractivity contribution is -0.118. The van der Waals surface area contributed by atoms with E-state index in [4.69, 9.17) is 0 Å². The van der Waals surface area contributed by atoms with Gasteiger partial charge in [-0.15, -0.1) is 0 Å². The van der Waals surface area contributed by atoms with Gasteiger partial charge in [-0.25, -0.2) is 0 Å². The van der Waals surface area contributed by atoms with Crippen LogP contribution in [0, 0.1) is 5.92 Å². The van der Waals surface area contributed by atoms with Gasteiger partial charge in [0, 0.05) is 5.92 Å². The Balaban J connectivity index is 2.24. The molecule has 0 aromatic heterocycles. The third kappa shape index (κ3) is 2.20. The first-order chi connectivity index (χ1) is 5.75. The van der Waals surface area contributed by atoms with Crippen molar-refractivity contribution in [3.05, 3.63) is 11.6 Å². The van der Waals surface area contributed by atoms with Gasteiger partial charge in [0.25, 0.3) is 0 Å². The van der Waals surface area contributed by atoms with Gasteiger partial charge in [0.05, 0.1) is 0 Å². The molecular formula is C11H18O. The van der Waals surface area contributed by atoms with Crippen LogP contribution in [0.25, 0.3) is 0 Å². The fourth-order valence-electron chi connectivity index (χ4n) is 1.74. The largest absolute Gasteiger partial charge is 0.294 e. The molecule has 1 aliphatic carbocycles. The van der Waals surface area contributed by atoms with E-state index in [1.165, 1.54) is 19.3 Å². The average molecular weight is 166 g/mol. The highest BCUT2D eigenvalue weighted by Crippen LogP contribution is 2.25. The molecule has 12 heavy (non-hydrogen) atoms. The van der Waals surface area contributed by atoms with Crippen molar-refractivity contribution in [2.45, 2.75) is 46.0 Å². The molecule has 68 valence electrons. The van der Waals surface area contributed by atoms with E-state index in [1.54, 1.807) is 0 Å². The molecule has 1 nitrogen and oxygen atoms in total. The van der Waals surface area contributed by atoms with Crippen molar-refractivity contribution in [1.82, 2.24) is 0 Å². The van der Waals surface area contributed by atoms with Gasteiger partial charge in [0.2, 0.25) is 0 Å². The molecule has 0 N–H and O–H groups in total. The number of carbonyl (C=O) groups excluding carboxylic acids is 1. The molecule has 0 aromatic carbocycles. The zero-order valence-electron chi connectivity index (χ0n) is 8.10. The van der Waals surface area contributed by atoms with Crippen molar-refractivity contribution in [2.24, 2.45) is 5.92 Å². The van der Waals surface area contributed by atoms with Crippen molar-refractivity contribution in [1.29, 1.82) is 0 Å². The Kier molecular flexibility index (Phi) is 3.51. The maximum Gasteiger partial charge on any atom is 0.161 e. The molecule has 0 heterocycles. The van der Waals surface area contributed by atoms with Gasteiger partial charge in [0.15, 0.2) is 5.78 Å². The van der Waals surface area contributed by atoms with Gasteiger partial charge in [-0.05, 0) is 25.3 Å². The van der Waals surface area contributed by atoms with Gasteiger partial charge in [-0.3, -0.25) is 4.79 Å². The predicted molar refractivity (Wildman–Crippen MR) is 51.0 cm³/mol. The Morgan fingerprint density at radius 3 is 2.75 bits per heavy atom. The van der Waals surface area contributed by atoms with E-state index >= 15 is 0 Å². The highest BCUT2D eigenvalue weighted by atomic mass is 16.1. The smallest absolute Gasteiger partial charge is 0.161 e. The first kappa shape index (κ1) is 9.50. The van der Waals surface area contributed by atoms with Gasteiger partial charge < -0.3 is 0 Å². The normalized spacial score (nSPS) is 23.0. The number of ketones is 1. The molecular weight excluding hydrogens is 148 g/mol. The van der Waals surface area contributed by atoms with E-state index in [0.29, 0.717) is 11.7 Å². The molecule has 1 rings (SSSR count). The summed E-state index contributed by atoms with van der Waals surface area (Å²) in [4.78, 5) is 11.4. The number of Topliss-reactive ketones (excluding diaryl/α,β-unsaturated/α-hetero) is 1. The summed E-state index contributed by atoms with van der Waals surface area (Å²) in [5.74, 6) is 0.725. The second kappa shape index (κ2) is 4.44. The number of allylic oxidation sites excluding steroid dienone is 2. The molecule has 0 fully saturated rings. The van der Waals surface area contributed by atoms with Crippen molar-refractivity contribution in [2.75, 3.05) is 0 Å². The molecule has 0 saturated heterocycles. The van der Waals surface area contributed by atoms with Crippen LogP contribution in [-0.4, -0.2) is 5.78 Å². The van der Waals surface area contributed by atoms with E-state index < -0.39 is 0 Å². The Morgan fingerprint density at radius 2 is 2.25 bits per heavy atom. The van der Waals surface area contributed by atoms with Crippen molar-refractivity contribution in [3.63, 3.8) is 0 Å². The first-order valence-corrected chi connectivity index (χ1v) is 4.96. The highest BCUT2D eigenvalue weighted by Gasteiger charge is 2.23. The molecule has 0 amide bonds. The molecule has 1 unspecified atom stereocenters. The van der Waals surface area contributed by atoms with Crippen LogP contribution < -0.4 is 0 Å². The van der Waals surface area contributed by atoms with Crippen LogP contribution in [0.1, 0.15) is 46.0 Å². The summed E-state index contributed by atoms with van der Waals surface area (Å²) in [6.07, 6.45) is 7.90. The summed E-state index contributed by atoms with van der Waals surface area (Å²) in [5.41, 5.74) is 0.983. The standard InChI is InChI=1S/C11H18O/c1-3-4-5-6-10-8-7-9(2)11(10)12/h7,10H,3-6,8H2,1-2H3. The summed E-state index contributed by atoms with van der Waals surface area (Å²) >= 11 is 0. The number of carbonyl (C=O) groups is 1. The third-order valence-corrected chi connectivity index (χ3v) is 2.62. The van der Waals surface area contributed by atoms with Crippen molar-refractivity contribution < 1.29 is 4.79 Å². The lowest BCUT2D eigenvalue weighted by atomic mass is 9.97. The summed E-state index contributed by atoms with van der Waals surface area (Å²) in [7, 11) is 0. The summed E-state index contributed by atoms with van der Waals surface area (Å²) in [6, 6.07) is 0. The molecule has 0 radical (unpaired) electrons. The Hall–Kier alpha value is -0.590. The monoisotopic (exact) mass is 166 g/mol. The molecule has 0 aliphatic heterocycles. The maximum absolute atomic E-state index is 11.4. The van der Waals surface area contributed by atoms with Crippen LogP contribution in [0.15, 0.2) is 11.6 Å². The lowest BCUT2D eigenvalue weighted by Crippen LogP contribution is -2.08. The molecule has 0 bridgehead atoms. The summed E-state index contributed by atoms with van der Waals surface area (Å²) in [5, 5.41) is 0. The van der Waals surface area contributed by atoms with E-state index in [9.17, 15) is 4.79 Å². The molecule has 1 aliphatic rings.